The van der Waals surface area contributed by atoms with Crippen molar-refractivity contribution in [2.75, 3.05) is 11.5 Å². The van der Waals surface area contributed by atoms with Gasteiger partial charge in [-0.3, -0.25) is 0 Å². The molecule has 9 heavy (non-hydrogen) atoms. The molecule has 0 bridgehead atoms. The van der Waals surface area contributed by atoms with E-state index in [-0.39, 0.29) is 0 Å². The van der Waals surface area contributed by atoms with Gasteiger partial charge in [0.25, 0.3) is 0 Å². The topological polar surface area (TPSA) is 0 Å². The average Bonchev–Trinajstić information content (AvgIpc) is 2.33. The van der Waals surface area contributed by atoms with E-state index in [1.807, 2.05) is 0 Å². The molecule has 0 radical (unpaired) electrons. The average molecular weight is 158 g/mol. The molecule has 2 aliphatic rings. The summed E-state index contributed by atoms with van der Waals surface area (Å²) in [5, 5.41) is 0. The van der Waals surface area contributed by atoms with Crippen molar-refractivity contribution in [1.29, 1.82) is 0 Å². The number of rotatable bonds is 0. The Hall–Kier alpha value is 0.440. The fourth-order valence-electron chi connectivity index (χ4n) is 1.29. The van der Waals surface area contributed by atoms with E-state index in [1.165, 1.54) is 30.8 Å². The van der Waals surface area contributed by atoms with E-state index in [0.29, 0.717) is 0 Å². The van der Waals surface area contributed by atoms with Gasteiger partial charge in [0.1, 0.15) is 0 Å². The molecule has 0 N–H and O–H groups in total. The van der Waals surface area contributed by atoms with Crippen LogP contribution in [0.25, 0.3) is 0 Å². The third kappa shape index (κ3) is 1.15. The molecule has 0 nitrogen and oxygen atoms in total. The molecule has 0 fully saturated rings. The van der Waals surface area contributed by atoms with Gasteiger partial charge < -0.3 is 0 Å². The minimum Gasteiger partial charge on any atom is -0.119 e. The lowest BCUT2D eigenvalue weighted by atomic mass is 10.1. The van der Waals surface area contributed by atoms with Crippen LogP contribution in [-0.4, -0.2) is 11.5 Å². The first kappa shape index (κ1) is 6.17. The van der Waals surface area contributed by atoms with Gasteiger partial charge in [0, 0.05) is 9.99 Å². The molecule has 0 unspecified atom stereocenters. The minimum atomic E-state index is 1.36. The number of hydrogen-bond acceptors (Lipinski definition) is 2. The van der Waals surface area contributed by atoms with E-state index in [1.54, 1.807) is 9.81 Å². The first-order valence-electron chi connectivity index (χ1n) is 3.44. The molecule has 0 saturated carbocycles. The molecule has 2 heterocycles. The third-order valence-corrected chi connectivity index (χ3v) is 4.49. The van der Waals surface area contributed by atoms with Crippen LogP contribution < -0.4 is 0 Å². The summed E-state index contributed by atoms with van der Waals surface area (Å²) in [5.74, 6) is 2.73. The highest BCUT2D eigenvalue weighted by Gasteiger charge is 2.18. The second-order valence-electron chi connectivity index (χ2n) is 2.44. The molecule has 0 aromatic heterocycles. The molecule has 0 saturated heterocycles. The Balaban J connectivity index is 2.17. The van der Waals surface area contributed by atoms with Crippen LogP contribution in [0.2, 0.25) is 0 Å². The molecule has 2 aliphatic heterocycles. The van der Waals surface area contributed by atoms with Crippen LogP contribution in [0.3, 0.4) is 0 Å². The van der Waals surface area contributed by atoms with E-state index in [4.69, 9.17) is 0 Å². The molecule has 0 amide bonds. The Labute approximate surface area is 64.5 Å². The van der Waals surface area contributed by atoms with Crippen LogP contribution in [-0.2, 0) is 0 Å². The Morgan fingerprint density at radius 2 is 1.89 bits per heavy atom. The standard InChI is InChI=1S/C7H10S2/c1-2-6-3-5-9-7(6)8-4-1/h1-5H2. The summed E-state index contributed by atoms with van der Waals surface area (Å²) in [6, 6.07) is 0. The van der Waals surface area contributed by atoms with E-state index in [0.717, 1.165) is 0 Å². The van der Waals surface area contributed by atoms with Gasteiger partial charge in [-0.25, -0.2) is 0 Å². The summed E-state index contributed by atoms with van der Waals surface area (Å²) in [7, 11) is 0. The Bertz CT molecular complexity index is 133. The summed E-state index contributed by atoms with van der Waals surface area (Å²) >= 11 is 4.15. The summed E-state index contributed by atoms with van der Waals surface area (Å²) in [6.45, 7) is 0. The summed E-state index contributed by atoms with van der Waals surface area (Å²) in [5.41, 5.74) is 1.76. The molecule has 2 rings (SSSR count). The number of allylic oxidation sites excluding steroid dienone is 1. The first-order chi connectivity index (χ1) is 4.47. The molecular weight excluding hydrogens is 148 g/mol. The van der Waals surface area contributed by atoms with Crippen molar-refractivity contribution in [1.82, 2.24) is 0 Å². The quantitative estimate of drug-likeness (QED) is 0.531. The zero-order chi connectivity index (χ0) is 6.10. The molecule has 0 spiro atoms. The lowest BCUT2D eigenvalue weighted by molar-refractivity contribution is 0.871. The van der Waals surface area contributed by atoms with Crippen molar-refractivity contribution in [3.63, 3.8) is 0 Å². The van der Waals surface area contributed by atoms with Gasteiger partial charge in [-0.15, -0.1) is 23.5 Å². The van der Waals surface area contributed by atoms with Crippen LogP contribution in [0.5, 0.6) is 0 Å². The van der Waals surface area contributed by atoms with E-state index in [9.17, 15) is 0 Å². The maximum Gasteiger partial charge on any atom is 0.0393 e. The van der Waals surface area contributed by atoms with Gasteiger partial charge in [0.05, 0.1) is 0 Å². The Morgan fingerprint density at radius 3 is 2.78 bits per heavy atom. The normalized spacial score (nSPS) is 26.7. The maximum atomic E-state index is 2.08. The Morgan fingerprint density at radius 1 is 1.00 bits per heavy atom. The third-order valence-electron chi connectivity index (χ3n) is 1.78. The van der Waals surface area contributed by atoms with Crippen LogP contribution in [0.1, 0.15) is 19.3 Å². The highest BCUT2D eigenvalue weighted by atomic mass is 32.2. The number of thioether (sulfide) groups is 2. The zero-order valence-electron chi connectivity index (χ0n) is 5.35. The van der Waals surface area contributed by atoms with Crippen LogP contribution in [0.4, 0.5) is 0 Å². The smallest absolute Gasteiger partial charge is 0.0393 e. The van der Waals surface area contributed by atoms with Gasteiger partial charge in [-0.2, -0.15) is 0 Å². The highest BCUT2D eigenvalue weighted by Crippen LogP contribution is 2.44. The fourth-order valence-corrected chi connectivity index (χ4v) is 3.95. The number of hydrogen-bond donors (Lipinski definition) is 0. The second kappa shape index (κ2) is 2.59. The van der Waals surface area contributed by atoms with E-state index in [2.05, 4.69) is 23.5 Å². The minimum absolute atomic E-state index is 1.36. The van der Waals surface area contributed by atoms with Crippen molar-refractivity contribution in [2.45, 2.75) is 19.3 Å². The molecule has 2 heteroatoms. The van der Waals surface area contributed by atoms with Gasteiger partial charge in [0.15, 0.2) is 0 Å². The van der Waals surface area contributed by atoms with Crippen molar-refractivity contribution in [2.24, 2.45) is 0 Å². The largest absolute Gasteiger partial charge is 0.119 e. The van der Waals surface area contributed by atoms with Gasteiger partial charge in [0.2, 0.25) is 0 Å². The van der Waals surface area contributed by atoms with Crippen LogP contribution in [0, 0.1) is 0 Å². The summed E-state index contributed by atoms with van der Waals surface area (Å²) in [6.07, 6.45) is 4.20. The lowest BCUT2D eigenvalue weighted by Gasteiger charge is -2.10. The van der Waals surface area contributed by atoms with E-state index >= 15 is 0 Å². The summed E-state index contributed by atoms with van der Waals surface area (Å²) in [4.78, 5) is 0. The second-order valence-corrected chi connectivity index (χ2v) is 4.91. The van der Waals surface area contributed by atoms with E-state index < -0.39 is 0 Å². The van der Waals surface area contributed by atoms with Crippen molar-refractivity contribution in [3.8, 4) is 0 Å². The maximum absolute atomic E-state index is 2.08. The van der Waals surface area contributed by atoms with Crippen LogP contribution in [0.15, 0.2) is 9.81 Å². The molecule has 0 atom stereocenters. The van der Waals surface area contributed by atoms with Crippen molar-refractivity contribution < 1.29 is 0 Å². The van der Waals surface area contributed by atoms with Gasteiger partial charge >= 0.3 is 0 Å². The van der Waals surface area contributed by atoms with Crippen molar-refractivity contribution >= 4 is 23.5 Å². The lowest BCUT2D eigenvalue weighted by Crippen LogP contribution is -1.91. The molecule has 0 aromatic rings. The molecule has 0 aromatic carbocycles. The zero-order valence-corrected chi connectivity index (χ0v) is 6.99. The molecule has 0 aliphatic carbocycles. The summed E-state index contributed by atoms with van der Waals surface area (Å²) < 4.78 is 1.67. The predicted octanol–water partition coefficient (Wildman–Crippen LogP) is 2.86. The first-order valence-corrected chi connectivity index (χ1v) is 5.41. The molecule has 50 valence electrons. The highest BCUT2D eigenvalue weighted by molar-refractivity contribution is 8.22. The fraction of sp³-hybridized carbons (Fsp3) is 0.714. The van der Waals surface area contributed by atoms with Gasteiger partial charge in [-0.1, -0.05) is 0 Å². The molecular formula is C7H10S2. The van der Waals surface area contributed by atoms with Crippen molar-refractivity contribution in [3.05, 3.63) is 9.81 Å². The Kier molecular flexibility index (Phi) is 1.77. The predicted molar refractivity (Wildman–Crippen MR) is 45.8 cm³/mol. The van der Waals surface area contributed by atoms with Crippen LogP contribution >= 0.6 is 23.5 Å². The SMILES string of the molecule is C1CSC2=C(C1)CCS2. The monoisotopic (exact) mass is 158 g/mol. The van der Waals surface area contributed by atoms with Gasteiger partial charge in [-0.05, 0) is 30.6 Å².